The van der Waals surface area contributed by atoms with E-state index >= 15 is 0 Å². The molecule has 0 saturated carbocycles. The van der Waals surface area contributed by atoms with Crippen LogP contribution in [0, 0.1) is 0 Å². The molecular weight excluding hydrogens is 346 g/mol. The van der Waals surface area contributed by atoms with Crippen molar-refractivity contribution < 1.29 is 18.9 Å². The Hall–Kier alpha value is -1.22. The Bertz CT molecular complexity index is 479. The molecule has 0 amide bonds. The molecule has 1 aliphatic heterocycles. The van der Waals surface area contributed by atoms with E-state index in [4.69, 9.17) is 30.4 Å². The zero-order valence-corrected chi connectivity index (χ0v) is 16.3. The fourth-order valence-electron chi connectivity index (χ4n) is 2.90. The van der Waals surface area contributed by atoms with Crippen LogP contribution in [0.5, 0.6) is 5.75 Å². The molecule has 0 unspecified atom stereocenters. The first-order valence-corrected chi connectivity index (χ1v) is 9.91. The SMILES string of the molecule is NCCOCCOCCOCCOc1ccc(CN2CCC(N)CC2)cc1. The van der Waals surface area contributed by atoms with Crippen molar-refractivity contribution >= 4 is 0 Å². The first-order valence-electron chi connectivity index (χ1n) is 9.91. The van der Waals surface area contributed by atoms with Crippen molar-refractivity contribution in [1.29, 1.82) is 0 Å². The molecule has 7 nitrogen and oxygen atoms in total. The lowest BCUT2D eigenvalue weighted by Crippen LogP contribution is -2.39. The molecule has 154 valence electrons. The van der Waals surface area contributed by atoms with Crippen LogP contribution < -0.4 is 16.2 Å². The number of nitrogens with zero attached hydrogens (tertiary/aromatic N) is 1. The molecule has 0 atom stereocenters. The van der Waals surface area contributed by atoms with Gasteiger partial charge in [0.2, 0.25) is 0 Å². The topological polar surface area (TPSA) is 92.2 Å². The largest absolute Gasteiger partial charge is 0.491 e. The minimum absolute atomic E-state index is 0.376. The van der Waals surface area contributed by atoms with Gasteiger partial charge in [0.25, 0.3) is 0 Å². The van der Waals surface area contributed by atoms with Crippen LogP contribution in [0.4, 0.5) is 0 Å². The molecule has 1 saturated heterocycles. The summed E-state index contributed by atoms with van der Waals surface area (Å²) in [6, 6.07) is 8.68. The highest BCUT2D eigenvalue weighted by atomic mass is 16.6. The van der Waals surface area contributed by atoms with Crippen molar-refractivity contribution in [2.75, 3.05) is 65.9 Å². The molecule has 0 bridgehead atoms. The van der Waals surface area contributed by atoms with Gasteiger partial charge in [0.05, 0.1) is 39.6 Å². The molecule has 1 aliphatic rings. The summed E-state index contributed by atoms with van der Waals surface area (Å²) in [5, 5.41) is 0. The third-order valence-corrected chi connectivity index (χ3v) is 4.46. The van der Waals surface area contributed by atoms with Crippen molar-refractivity contribution in [1.82, 2.24) is 4.90 Å². The van der Waals surface area contributed by atoms with Gasteiger partial charge in [-0.05, 0) is 43.6 Å². The van der Waals surface area contributed by atoms with Gasteiger partial charge >= 0.3 is 0 Å². The van der Waals surface area contributed by atoms with E-state index in [1.54, 1.807) is 0 Å². The average molecular weight is 382 g/mol. The van der Waals surface area contributed by atoms with E-state index < -0.39 is 0 Å². The van der Waals surface area contributed by atoms with Gasteiger partial charge in [-0.15, -0.1) is 0 Å². The summed E-state index contributed by atoms with van der Waals surface area (Å²) in [7, 11) is 0. The molecule has 4 N–H and O–H groups in total. The molecule has 0 spiro atoms. The van der Waals surface area contributed by atoms with Gasteiger partial charge in [-0.2, -0.15) is 0 Å². The van der Waals surface area contributed by atoms with Crippen LogP contribution >= 0.6 is 0 Å². The van der Waals surface area contributed by atoms with Gasteiger partial charge in [-0.25, -0.2) is 0 Å². The molecule has 0 aliphatic carbocycles. The Morgan fingerprint density at radius 1 is 0.815 bits per heavy atom. The maximum atomic E-state index is 5.96. The molecule has 0 aromatic heterocycles. The van der Waals surface area contributed by atoms with Crippen LogP contribution in [-0.2, 0) is 20.8 Å². The minimum Gasteiger partial charge on any atom is -0.491 e. The molecule has 1 fully saturated rings. The second-order valence-electron chi connectivity index (χ2n) is 6.73. The molecule has 1 aromatic rings. The molecular formula is C20H35N3O4. The fourth-order valence-corrected chi connectivity index (χ4v) is 2.90. The predicted molar refractivity (Wildman–Crippen MR) is 106 cm³/mol. The smallest absolute Gasteiger partial charge is 0.119 e. The van der Waals surface area contributed by atoms with E-state index in [-0.39, 0.29) is 0 Å². The zero-order valence-electron chi connectivity index (χ0n) is 16.3. The maximum Gasteiger partial charge on any atom is 0.119 e. The first-order chi connectivity index (χ1) is 13.3. The van der Waals surface area contributed by atoms with Gasteiger partial charge in [-0.3, -0.25) is 4.90 Å². The Morgan fingerprint density at radius 3 is 1.96 bits per heavy atom. The van der Waals surface area contributed by atoms with Gasteiger partial charge < -0.3 is 30.4 Å². The molecule has 27 heavy (non-hydrogen) atoms. The molecule has 2 rings (SSSR count). The third-order valence-electron chi connectivity index (χ3n) is 4.46. The lowest BCUT2D eigenvalue weighted by atomic mass is 10.1. The summed E-state index contributed by atoms with van der Waals surface area (Å²) in [6.07, 6.45) is 2.18. The Kier molecular flexibility index (Phi) is 11.3. The summed E-state index contributed by atoms with van der Waals surface area (Å²) in [5.41, 5.74) is 12.6. The number of ether oxygens (including phenoxy) is 4. The average Bonchev–Trinajstić information content (AvgIpc) is 2.69. The van der Waals surface area contributed by atoms with Gasteiger partial charge in [-0.1, -0.05) is 12.1 Å². The van der Waals surface area contributed by atoms with Crippen molar-refractivity contribution in [2.45, 2.75) is 25.4 Å². The zero-order chi connectivity index (χ0) is 19.2. The number of piperidine rings is 1. The first kappa shape index (κ1) is 22.1. The summed E-state index contributed by atoms with van der Waals surface area (Å²) < 4.78 is 21.8. The molecule has 1 heterocycles. The normalized spacial score (nSPS) is 15.9. The summed E-state index contributed by atoms with van der Waals surface area (Å²) in [5.74, 6) is 0.872. The summed E-state index contributed by atoms with van der Waals surface area (Å²) in [4.78, 5) is 2.46. The van der Waals surface area contributed by atoms with Crippen LogP contribution in [0.2, 0.25) is 0 Å². The van der Waals surface area contributed by atoms with Crippen molar-refractivity contribution in [3.63, 3.8) is 0 Å². The number of hydrogen-bond acceptors (Lipinski definition) is 7. The highest BCUT2D eigenvalue weighted by Gasteiger charge is 2.15. The molecule has 0 radical (unpaired) electrons. The van der Waals surface area contributed by atoms with Crippen LogP contribution in [0.15, 0.2) is 24.3 Å². The number of rotatable bonds is 14. The third kappa shape index (κ3) is 10.0. The molecule has 1 aromatic carbocycles. The van der Waals surface area contributed by atoms with Crippen molar-refractivity contribution in [2.24, 2.45) is 11.5 Å². The number of likely N-dealkylation sites (tertiary alicyclic amines) is 1. The minimum atomic E-state index is 0.376. The lowest BCUT2D eigenvalue weighted by Gasteiger charge is -2.30. The van der Waals surface area contributed by atoms with E-state index in [1.807, 2.05) is 12.1 Å². The van der Waals surface area contributed by atoms with Gasteiger partial charge in [0, 0.05) is 19.1 Å². The number of nitrogens with two attached hydrogens (primary N) is 2. The molecule has 7 heteroatoms. The van der Waals surface area contributed by atoms with Crippen molar-refractivity contribution in [3.05, 3.63) is 29.8 Å². The maximum absolute atomic E-state index is 5.96. The van der Waals surface area contributed by atoms with Crippen LogP contribution in [0.1, 0.15) is 18.4 Å². The van der Waals surface area contributed by atoms with E-state index in [2.05, 4.69) is 17.0 Å². The van der Waals surface area contributed by atoms with Crippen LogP contribution in [0.3, 0.4) is 0 Å². The van der Waals surface area contributed by atoms with Gasteiger partial charge in [0.15, 0.2) is 0 Å². The standard InChI is InChI=1S/C20H35N3O4/c21-7-10-24-11-12-25-13-14-26-15-16-27-20-3-1-18(2-4-20)17-23-8-5-19(22)6-9-23/h1-4,19H,5-17,21-22H2. The summed E-state index contributed by atoms with van der Waals surface area (Å²) in [6.45, 7) is 7.59. The van der Waals surface area contributed by atoms with E-state index in [0.717, 1.165) is 38.2 Å². The predicted octanol–water partition coefficient (Wildman–Crippen LogP) is 0.997. The number of benzene rings is 1. The van der Waals surface area contributed by atoms with Gasteiger partial charge in [0.1, 0.15) is 12.4 Å². The summed E-state index contributed by atoms with van der Waals surface area (Å²) >= 11 is 0. The number of hydrogen-bond donors (Lipinski definition) is 2. The van der Waals surface area contributed by atoms with Crippen molar-refractivity contribution in [3.8, 4) is 5.75 Å². The Balaban J connectivity index is 1.47. The van der Waals surface area contributed by atoms with Crippen LogP contribution in [-0.4, -0.2) is 76.8 Å². The van der Waals surface area contributed by atoms with E-state index in [1.165, 1.54) is 5.56 Å². The fraction of sp³-hybridized carbons (Fsp3) is 0.700. The Labute approximate surface area is 162 Å². The highest BCUT2D eigenvalue weighted by Crippen LogP contribution is 2.16. The Morgan fingerprint density at radius 2 is 1.37 bits per heavy atom. The van der Waals surface area contributed by atoms with E-state index in [0.29, 0.717) is 58.8 Å². The lowest BCUT2D eigenvalue weighted by molar-refractivity contribution is 0.0106. The van der Waals surface area contributed by atoms with E-state index in [9.17, 15) is 0 Å². The highest BCUT2D eigenvalue weighted by molar-refractivity contribution is 5.27. The van der Waals surface area contributed by atoms with Crippen LogP contribution in [0.25, 0.3) is 0 Å². The second-order valence-corrected chi connectivity index (χ2v) is 6.73. The monoisotopic (exact) mass is 381 g/mol. The quantitative estimate of drug-likeness (QED) is 0.464. The second kappa shape index (κ2) is 13.9.